The van der Waals surface area contributed by atoms with Gasteiger partial charge in [0.25, 0.3) is 0 Å². The molecule has 5 heteroatoms. The lowest BCUT2D eigenvalue weighted by molar-refractivity contribution is -0.504. The van der Waals surface area contributed by atoms with Gasteiger partial charge >= 0.3 is 0 Å². The molecule has 0 spiro atoms. The number of aliphatic hydroxyl groups excluding tert-OH is 1. The highest BCUT2D eigenvalue weighted by Gasteiger charge is 2.52. The minimum Gasteiger partial charge on any atom is -0.624 e. The van der Waals surface area contributed by atoms with E-state index in [1.807, 2.05) is 0 Å². The van der Waals surface area contributed by atoms with Crippen LogP contribution in [0.3, 0.4) is 0 Å². The van der Waals surface area contributed by atoms with E-state index in [0.717, 1.165) is 0 Å². The molecule has 2 rings (SSSR count). The van der Waals surface area contributed by atoms with Crippen LogP contribution in [0, 0.1) is 5.21 Å². The van der Waals surface area contributed by atoms with E-state index < -0.39 is 11.8 Å². The van der Waals surface area contributed by atoms with E-state index in [0.29, 0.717) is 4.74 Å². The molecule has 1 saturated heterocycles. The first-order valence-corrected chi connectivity index (χ1v) is 4.30. The van der Waals surface area contributed by atoms with Crippen molar-refractivity contribution in [2.75, 3.05) is 6.61 Å². The van der Waals surface area contributed by atoms with Gasteiger partial charge in [-0.2, -0.15) is 0 Å². The Kier molecular flexibility index (Phi) is 1.83. The first-order valence-electron chi connectivity index (χ1n) is 4.30. The molecule has 0 amide bonds. The third kappa shape index (κ3) is 1.33. The Labute approximate surface area is 76.2 Å². The van der Waals surface area contributed by atoms with Crippen LogP contribution >= 0.6 is 0 Å². The average Bonchev–Trinajstić information content (AvgIpc) is 2.39. The summed E-state index contributed by atoms with van der Waals surface area (Å²) in [5, 5.41) is 20.1. The Morgan fingerprint density at radius 3 is 2.85 bits per heavy atom. The molecular formula is C8H13NO4. The SMILES string of the molecule is CC1(C)O[C@@H]2[C@@H](C=[N+]([O-])[C@H]2CO)O1. The van der Waals surface area contributed by atoms with Gasteiger partial charge in [0.05, 0.1) is 0 Å². The number of ether oxygens (including phenoxy) is 2. The Morgan fingerprint density at radius 2 is 2.23 bits per heavy atom. The zero-order valence-electron chi connectivity index (χ0n) is 7.64. The van der Waals surface area contributed by atoms with E-state index in [9.17, 15) is 5.21 Å². The molecule has 0 unspecified atom stereocenters. The second kappa shape index (κ2) is 2.67. The molecule has 1 fully saturated rings. The lowest BCUT2D eigenvalue weighted by atomic mass is 10.1. The standard InChI is InChI=1S/C8H13NO4/c1-8(2)12-6-3-9(11)5(4-10)7(6)13-8/h3,5-7,10H,4H2,1-2H3/t5-,6+,7-/m0/s1. The van der Waals surface area contributed by atoms with Crippen LogP contribution in [0.2, 0.25) is 0 Å². The summed E-state index contributed by atoms with van der Waals surface area (Å²) >= 11 is 0. The van der Waals surface area contributed by atoms with Crippen LogP contribution in [-0.4, -0.2) is 46.7 Å². The molecule has 74 valence electrons. The first-order chi connectivity index (χ1) is 6.03. The second-order valence-corrected chi connectivity index (χ2v) is 3.82. The van der Waals surface area contributed by atoms with Crippen LogP contribution in [0.5, 0.6) is 0 Å². The summed E-state index contributed by atoms with van der Waals surface area (Å²) in [6, 6.07) is -0.522. The molecule has 0 aliphatic carbocycles. The molecule has 3 atom stereocenters. The topological polar surface area (TPSA) is 64.8 Å². The van der Waals surface area contributed by atoms with Gasteiger partial charge in [-0.15, -0.1) is 0 Å². The Balaban J connectivity index is 2.18. The maximum absolute atomic E-state index is 11.2. The van der Waals surface area contributed by atoms with Gasteiger partial charge in [0.1, 0.15) is 6.61 Å². The molecular weight excluding hydrogens is 174 g/mol. The fourth-order valence-corrected chi connectivity index (χ4v) is 1.81. The smallest absolute Gasteiger partial charge is 0.214 e. The van der Waals surface area contributed by atoms with Crippen molar-refractivity contribution in [3.63, 3.8) is 0 Å². The minimum atomic E-state index is -0.652. The van der Waals surface area contributed by atoms with Gasteiger partial charge in [-0.05, 0) is 13.8 Å². The van der Waals surface area contributed by atoms with Crippen molar-refractivity contribution in [2.45, 2.75) is 37.9 Å². The quantitative estimate of drug-likeness (QED) is 0.442. The summed E-state index contributed by atoms with van der Waals surface area (Å²) in [5.74, 6) is -0.652. The number of hydroxylamine groups is 1. The largest absolute Gasteiger partial charge is 0.624 e. The highest BCUT2D eigenvalue weighted by molar-refractivity contribution is 5.61. The number of fused-ring (bicyclic) bond motifs is 1. The van der Waals surface area contributed by atoms with Crippen LogP contribution in [0.4, 0.5) is 0 Å². The summed E-state index contributed by atoms with van der Waals surface area (Å²) in [6.45, 7) is 3.38. The van der Waals surface area contributed by atoms with Crippen LogP contribution in [0.15, 0.2) is 0 Å². The predicted octanol–water partition coefficient (Wildman–Crippen LogP) is -0.538. The van der Waals surface area contributed by atoms with Crippen molar-refractivity contribution < 1.29 is 19.3 Å². The Bertz CT molecular complexity index is 251. The van der Waals surface area contributed by atoms with Gasteiger partial charge in [-0.1, -0.05) is 0 Å². The van der Waals surface area contributed by atoms with Gasteiger partial charge in [0.15, 0.2) is 24.2 Å². The lowest BCUT2D eigenvalue weighted by Crippen LogP contribution is -2.36. The number of nitrogens with zero attached hydrogens (tertiary/aromatic N) is 1. The fraction of sp³-hybridized carbons (Fsp3) is 0.875. The van der Waals surface area contributed by atoms with E-state index in [1.165, 1.54) is 6.21 Å². The maximum Gasteiger partial charge on any atom is 0.214 e. The van der Waals surface area contributed by atoms with E-state index in [1.54, 1.807) is 13.8 Å². The predicted molar refractivity (Wildman–Crippen MR) is 44.4 cm³/mol. The first kappa shape index (κ1) is 8.93. The molecule has 13 heavy (non-hydrogen) atoms. The van der Waals surface area contributed by atoms with Crippen molar-refractivity contribution in [2.24, 2.45) is 0 Å². The van der Waals surface area contributed by atoms with Crippen LogP contribution in [-0.2, 0) is 9.47 Å². The zero-order chi connectivity index (χ0) is 9.64. The monoisotopic (exact) mass is 187 g/mol. The lowest BCUT2D eigenvalue weighted by Gasteiger charge is -2.19. The summed E-state index contributed by atoms with van der Waals surface area (Å²) in [5.41, 5.74) is 0. The third-order valence-corrected chi connectivity index (χ3v) is 2.35. The summed E-state index contributed by atoms with van der Waals surface area (Å²) in [4.78, 5) is 0. The molecule has 5 nitrogen and oxygen atoms in total. The van der Waals surface area contributed by atoms with E-state index in [4.69, 9.17) is 14.6 Å². The van der Waals surface area contributed by atoms with Crippen molar-refractivity contribution >= 4 is 6.21 Å². The normalized spacial score (nSPS) is 41.8. The molecule has 0 radical (unpaired) electrons. The van der Waals surface area contributed by atoms with Gasteiger partial charge < -0.3 is 19.8 Å². The summed E-state index contributed by atoms with van der Waals surface area (Å²) in [7, 11) is 0. The fourth-order valence-electron chi connectivity index (χ4n) is 1.81. The average molecular weight is 187 g/mol. The third-order valence-electron chi connectivity index (χ3n) is 2.35. The van der Waals surface area contributed by atoms with Gasteiger partial charge in [0.2, 0.25) is 6.04 Å². The summed E-state index contributed by atoms with van der Waals surface area (Å²) < 4.78 is 11.6. The highest BCUT2D eigenvalue weighted by Crippen LogP contribution is 2.32. The molecule has 0 aromatic heterocycles. The van der Waals surface area contributed by atoms with Crippen molar-refractivity contribution in [3.05, 3.63) is 5.21 Å². The molecule has 0 aromatic rings. The molecule has 0 aromatic carbocycles. The van der Waals surface area contributed by atoms with E-state index in [-0.39, 0.29) is 18.8 Å². The molecule has 2 aliphatic heterocycles. The molecule has 0 bridgehead atoms. The van der Waals surface area contributed by atoms with Gasteiger partial charge in [0, 0.05) is 0 Å². The van der Waals surface area contributed by atoms with Crippen molar-refractivity contribution in [1.29, 1.82) is 0 Å². The van der Waals surface area contributed by atoms with Crippen LogP contribution in [0.25, 0.3) is 0 Å². The van der Waals surface area contributed by atoms with E-state index in [2.05, 4.69) is 0 Å². The number of hydrogen-bond acceptors (Lipinski definition) is 4. The van der Waals surface area contributed by atoms with Crippen LogP contribution < -0.4 is 0 Å². The van der Waals surface area contributed by atoms with Gasteiger partial charge in [-0.25, -0.2) is 4.74 Å². The van der Waals surface area contributed by atoms with Crippen LogP contribution in [0.1, 0.15) is 13.8 Å². The van der Waals surface area contributed by atoms with E-state index >= 15 is 0 Å². The molecule has 0 saturated carbocycles. The van der Waals surface area contributed by atoms with Crippen molar-refractivity contribution in [1.82, 2.24) is 0 Å². The van der Waals surface area contributed by atoms with Crippen molar-refractivity contribution in [3.8, 4) is 0 Å². The highest BCUT2D eigenvalue weighted by atomic mass is 16.8. The number of rotatable bonds is 1. The number of aliphatic hydroxyl groups is 1. The Hall–Kier alpha value is -0.650. The molecule has 2 aliphatic rings. The van der Waals surface area contributed by atoms with Gasteiger partial charge in [-0.3, -0.25) is 0 Å². The summed E-state index contributed by atoms with van der Waals surface area (Å²) in [6.07, 6.45) is 0.766. The maximum atomic E-state index is 11.2. The number of hydrogen-bond donors (Lipinski definition) is 1. The molecule has 1 N–H and O–H groups in total. The zero-order valence-corrected chi connectivity index (χ0v) is 7.64. The minimum absolute atomic E-state index is 0.208. The molecule has 2 heterocycles. The Morgan fingerprint density at radius 1 is 1.54 bits per heavy atom. The second-order valence-electron chi connectivity index (χ2n) is 3.82.